The third-order valence-electron chi connectivity index (χ3n) is 4.00. The van der Waals surface area contributed by atoms with E-state index in [0.29, 0.717) is 25.7 Å². The predicted molar refractivity (Wildman–Crippen MR) is 84.3 cm³/mol. The van der Waals surface area contributed by atoms with Crippen LogP contribution in [0.1, 0.15) is 47.0 Å². The first-order chi connectivity index (χ1) is 10.5. The molecular formula is C17H30O5. The number of esters is 1. The van der Waals surface area contributed by atoms with Crippen LogP contribution >= 0.6 is 0 Å². The van der Waals surface area contributed by atoms with E-state index < -0.39 is 0 Å². The normalized spacial score (nSPS) is 19.7. The Bertz CT molecular complexity index is 371. The molecule has 0 aromatic heterocycles. The lowest BCUT2D eigenvalue weighted by Crippen LogP contribution is -2.23. The van der Waals surface area contributed by atoms with E-state index in [9.17, 15) is 4.79 Å². The molecule has 0 spiro atoms. The summed E-state index contributed by atoms with van der Waals surface area (Å²) in [7, 11) is 0. The van der Waals surface area contributed by atoms with Crippen LogP contribution in [0.15, 0.2) is 11.1 Å². The number of aliphatic hydroxyl groups is 1. The summed E-state index contributed by atoms with van der Waals surface area (Å²) >= 11 is 0. The quantitative estimate of drug-likeness (QED) is 0.523. The number of aliphatic hydroxyl groups excluding tert-OH is 1. The van der Waals surface area contributed by atoms with E-state index in [0.717, 1.165) is 24.8 Å². The smallest absolute Gasteiger partial charge is 0.302 e. The highest BCUT2D eigenvalue weighted by molar-refractivity contribution is 5.65. The highest BCUT2D eigenvalue weighted by Gasteiger charge is 2.27. The molecule has 1 N–H and O–H groups in total. The van der Waals surface area contributed by atoms with Crippen molar-refractivity contribution in [2.45, 2.75) is 53.2 Å². The summed E-state index contributed by atoms with van der Waals surface area (Å²) < 4.78 is 16.4. The molecule has 0 bridgehead atoms. The molecule has 2 atom stereocenters. The zero-order valence-electron chi connectivity index (χ0n) is 14.3. The minimum atomic E-state index is -0.319. The van der Waals surface area contributed by atoms with Crippen molar-refractivity contribution >= 4 is 5.97 Å². The van der Waals surface area contributed by atoms with Crippen LogP contribution in [0.3, 0.4) is 0 Å². The highest BCUT2D eigenvalue weighted by atomic mass is 16.7. The third-order valence-corrected chi connectivity index (χ3v) is 4.00. The summed E-state index contributed by atoms with van der Waals surface area (Å²) in [6, 6.07) is 0. The molecule has 22 heavy (non-hydrogen) atoms. The van der Waals surface area contributed by atoms with Crippen LogP contribution in [0.4, 0.5) is 0 Å². The van der Waals surface area contributed by atoms with Gasteiger partial charge in [0, 0.05) is 19.4 Å². The van der Waals surface area contributed by atoms with Gasteiger partial charge in [-0.15, -0.1) is 0 Å². The first-order valence-electron chi connectivity index (χ1n) is 8.12. The van der Waals surface area contributed by atoms with Gasteiger partial charge < -0.3 is 19.3 Å². The zero-order chi connectivity index (χ0) is 16.5. The lowest BCUT2D eigenvalue weighted by Gasteiger charge is -2.23. The van der Waals surface area contributed by atoms with Gasteiger partial charge in [0.25, 0.3) is 0 Å². The molecule has 5 heteroatoms. The minimum Gasteiger partial charge on any atom is -0.465 e. The lowest BCUT2D eigenvalue weighted by atomic mass is 9.92. The number of allylic oxidation sites excluding steroid dienone is 1. The SMILES string of the molecule is CC(=O)OCC(C)C(=C(C)CCCC(C)CO)C1OCCO1. The van der Waals surface area contributed by atoms with Gasteiger partial charge in [-0.25, -0.2) is 0 Å². The van der Waals surface area contributed by atoms with Crippen molar-refractivity contribution in [2.24, 2.45) is 11.8 Å². The first kappa shape index (κ1) is 19.1. The fraction of sp³-hybridized carbons (Fsp3) is 0.824. The van der Waals surface area contributed by atoms with E-state index in [2.05, 4.69) is 6.92 Å². The summed E-state index contributed by atoms with van der Waals surface area (Å²) in [4.78, 5) is 11.0. The average molecular weight is 314 g/mol. The summed E-state index contributed by atoms with van der Waals surface area (Å²) in [5.74, 6) is 0.129. The van der Waals surface area contributed by atoms with Gasteiger partial charge in [0.05, 0.1) is 19.8 Å². The topological polar surface area (TPSA) is 65.0 Å². The van der Waals surface area contributed by atoms with Crippen molar-refractivity contribution in [3.05, 3.63) is 11.1 Å². The van der Waals surface area contributed by atoms with E-state index in [-0.39, 0.29) is 24.8 Å². The Kier molecular flexibility index (Phi) is 8.68. The summed E-state index contributed by atoms with van der Waals surface area (Å²) in [6.45, 7) is 9.36. The van der Waals surface area contributed by atoms with Gasteiger partial charge in [-0.2, -0.15) is 0 Å². The molecule has 0 saturated carbocycles. The van der Waals surface area contributed by atoms with E-state index in [1.807, 2.05) is 13.8 Å². The fourth-order valence-electron chi connectivity index (χ4n) is 2.68. The Labute approximate surface area is 133 Å². The number of carbonyl (C=O) groups excluding carboxylic acids is 1. The molecule has 1 fully saturated rings. The number of rotatable bonds is 9. The molecule has 1 aliphatic rings. The molecular weight excluding hydrogens is 284 g/mol. The van der Waals surface area contributed by atoms with Crippen LogP contribution in [0.2, 0.25) is 0 Å². The van der Waals surface area contributed by atoms with Crippen LogP contribution in [0.25, 0.3) is 0 Å². The van der Waals surface area contributed by atoms with Gasteiger partial charge in [-0.05, 0) is 37.7 Å². The Morgan fingerprint density at radius 2 is 1.91 bits per heavy atom. The molecule has 2 unspecified atom stereocenters. The summed E-state index contributed by atoms with van der Waals surface area (Å²) in [5.41, 5.74) is 2.33. The number of ether oxygens (including phenoxy) is 3. The average Bonchev–Trinajstić information content (AvgIpc) is 2.99. The maximum Gasteiger partial charge on any atom is 0.302 e. The first-order valence-corrected chi connectivity index (χ1v) is 8.12. The molecule has 1 saturated heterocycles. The number of hydrogen-bond acceptors (Lipinski definition) is 5. The van der Waals surface area contributed by atoms with Crippen molar-refractivity contribution < 1.29 is 24.1 Å². The molecule has 5 nitrogen and oxygen atoms in total. The lowest BCUT2D eigenvalue weighted by molar-refractivity contribution is -0.142. The second kappa shape index (κ2) is 9.98. The van der Waals surface area contributed by atoms with Crippen LogP contribution in [0.5, 0.6) is 0 Å². The highest BCUT2D eigenvalue weighted by Crippen LogP contribution is 2.28. The van der Waals surface area contributed by atoms with Gasteiger partial charge in [0.15, 0.2) is 6.29 Å². The van der Waals surface area contributed by atoms with Crippen LogP contribution < -0.4 is 0 Å². The Hall–Kier alpha value is -0.910. The standard InChI is InChI=1S/C17H30O5/c1-12(10-18)6-5-7-13(2)16(17-20-8-9-21-17)14(3)11-22-15(4)19/h12,14,17-18H,5-11H2,1-4H3. The molecule has 128 valence electrons. The molecule has 1 aliphatic heterocycles. The number of carbonyl (C=O) groups is 1. The Balaban J connectivity index is 2.69. The fourth-order valence-corrected chi connectivity index (χ4v) is 2.68. The predicted octanol–water partition coefficient (Wildman–Crippen LogP) is 2.67. The zero-order valence-corrected chi connectivity index (χ0v) is 14.3. The molecule has 0 aliphatic carbocycles. The van der Waals surface area contributed by atoms with Crippen LogP contribution in [0, 0.1) is 11.8 Å². The second-order valence-corrected chi connectivity index (χ2v) is 6.19. The number of hydrogen-bond donors (Lipinski definition) is 1. The molecule has 0 aromatic rings. The largest absolute Gasteiger partial charge is 0.465 e. The molecule has 0 radical (unpaired) electrons. The van der Waals surface area contributed by atoms with E-state index >= 15 is 0 Å². The van der Waals surface area contributed by atoms with Gasteiger partial charge in [-0.1, -0.05) is 19.4 Å². The van der Waals surface area contributed by atoms with E-state index in [4.69, 9.17) is 19.3 Å². The van der Waals surface area contributed by atoms with Crippen LogP contribution in [-0.4, -0.2) is 43.8 Å². The minimum absolute atomic E-state index is 0.0715. The van der Waals surface area contributed by atoms with Gasteiger partial charge in [0.2, 0.25) is 0 Å². The maximum absolute atomic E-state index is 11.0. The van der Waals surface area contributed by atoms with Gasteiger partial charge in [-0.3, -0.25) is 4.79 Å². The van der Waals surface area contributed by atoms with E-state index in [1.54, 1.807) is 0 Å². The summed E-state index contributed by atoms with van der Waals surface area (Å²) in [5, 5.41) is 9.09. The van der Waals surface area contributed by atoms with E-state index in [1.165, 1.54) is 12.5 Å². The van der Waals surface area contributed by atoms with Crippen molar-refractivity contribution in [1.82, 2.24) is 0 Å². The van der Waals surface area contributed by atoms with Crippen LogP contribution in [-0.2, 0) is 19.0 Å². The van der Waals surface area contributed by atoms with Crippen molar-refractivity contribution in [2.75, 3.05) is 26.4 Å². The van der Waals surface area contributed by atoms with Crippen molar-refractivity contribution in [3.63, 3.8) is 0 Å². The van der Waals surface area contributed by atoms with Crippen molar-refractivity contribution in [3.8, 4) is 0 Å². The Morgan fingerprint density at radius 3 is 2.45 bits per heavy atom. The molecule has 1 heterocycles. The summed E-state index contributed by atoms with van der Waals surface area (Å²) in [6.07, 6.45) is 2.63. The second-order valence-electron chi connectivity index (χ2n) is 6.19. The maximum atomic E-state index is 11.0. The monoisotopic (exact) mass is 314 g/mol. The van der Waals surface area contributed by atoms with Gasteiger partial charge in [0.1, 0.15) is 0 Å². The van der Waals surface area contributed by atoms with Gasteiger partial charge >= 0.3 is 5.97 Å². The molecule has 0 aromatic carbocycles. The Morgan fingerprint density at radius 1 is 1.27 bits per heavy atom. The van der Waals surface area contributed by atoms with Crippen molar-refractivity contribution in [1.29, 1.82) is 0 Å². The molecule has 0 amide bonds. The third kappa shape index (κ3) is 6.46. The molecule has 1 rings (SSSR count).